The Morgan fingerprint density at radius 3 is 2.50 bits per heavy atom. The lowest BCUT2D eigenvalue weighted by atomic mass is 10.7. The second kappa shape index (κ2) is 2.85. The highest BCUT2D eigenvalue weighted by atomic mass is 35.5. The largest absolute Gasteiger partial charge is 0.574 e. The van der Waals surface area contributed by atoms with Crippen LogP contribution >= 0.6 is 11.6 Å². The van der Waals surface area contributed by atoms with Crippen LogP contribution in [0.4, 0.5) is 13.2 Å². The Balaban J connectivity index is 2.88. The fourth-order valence-corrected chi connectivity index (χ4v) is 0.828. The molecule has 1 heterocycles. The number of ether oxygens (including phenoxy) is 1. The van der Waals surface area contributed by atoms with E-state index in [9.17, 15) is 13.2 Å². The molecule has 0 saturated carbocycles. The summed E-state index contributed by atoms with van der Waals surface area (Å²) in [6.45, 7) is 0. The Morgan fingerprint density at radius 2 is 2.17 bits per heavy atom. The zero-order valence-electron chi connectivity index (χ0n) is 5.89. The van der Waals surface area contributed by atoms with E-state index >= 15 is 0 Å². The number of alkyl halides is 3. The summed E-state index contributed by atoms with van der Waals surface area (Å²) in [5.41, 5.74) is 0. The number of hydrogen-bond acceptors (Lipinski definition) is 2. The molecule has 0 N–H and O–H groups in total. The first-order valence-electron chi connectivity index (χ1n) is 2.83. The third kappa shape index (κ3) is 2.04. The van der Waals surface area contributed by atoms with Crippen LogP contribution in [0.5, 0.6) is 5.88 Å². The van der Waals surface area contributed by atoms with Crippen LogP contribution in [0.25, 0.3) is 0 Å². The zero-order valence-corrected chi connectivity index (χ0v) is 6.65. The molecule has 0 unspecified atom stereocenters. The average molecular weight is 201 g/mol. The first-order valence-corrected chi connectivity index (χ1v) is 3.21. The van der Waals surface area contributed by atoms with Crippen LogP contribution in [0.3, 0.4) is 0 Å². The van der Waals surface area contributed by atoms with Crippen LogP contribution in [-0.2, 0) is 7.05 Å². The zero-order chi connectivity index (χ0) is 9.35. The van der Waals surface area contributed by atoms with Gasteiger partial charge in [-0.3, -0.25) is 0 Å². The predicted molar refractivity (Wildman–Crippen MR) is 34.9 cm³/mol. The molecule has 7 heteroatoms. The summed E-state index contributed by atoms with van der Waals surface area (Å²) in [6.07, 6.45) is -3.67. The molecule has 1 aromatic rings. The molecule has 0 fully saturated rings. The van der Waals surface area contributed by atoms with Gasteiger partial charge in [0.15, 0.2) is 0 Å². The quantitative estimate of drug-likeness (QED) is 0.693. The molecule has 12 heavy (non-hydrogen) atoms. The number of nitrogens with zero attached hydrogens (tertiary/aromatic N) is 2. The van der Waals surface area contributed by atoms with E-state index in [0.29, 0.717) is 0 Å². The molecule has 1 rings (SSSR count). The average Bonchev–Trinajstić information content (AvgIpc) is 2.16. The summed E-state index contributed by atoms with van der Waals surface area (Å²) in [6, 6.07) is 0. The molecule has 0 atom stereocenters. The molecule has 0 amide bonds. The van der Waals surface area contributed by atoms with Crippen molar-refractivity contribution in [3.63, 3.8) is 0 Å². The summed E-state index contributed by atoms with van der Waals surface area (Å²) in [5.74, 6) is -0.510. The lowest BCUT2D eigenvalue weighted by Gasteiger charge is -2.08. The molecule has 0 radical (unpaired) electrons. The van der Waals surface area contributed by atoms with Gasteiger partial charge in [0.05, 0.1) is 6.20 Å². The summed E-state index contributed by atoms with van der Waals surface area (Å²) in [5, 5.41) is 3.29. The maximum Gasteiger partial charge on any atom is 0.574 e. The van der Waals surface area contributed by atoms with Crippen LogP contribution in [-0.4, -0.2) is 16.1 Å². The van der Waals surface area contributed by atoms with Gasteiger partial charge in [-0.15, -0.1) is 13.2 Å². The van der Waals surface area contributed by atoms with Crippen LogP contribution in [0.1, 0.15) is 0 Å². The van der Waals surface area contributed by atoms with E-state index in [1.165, 1.54) is 7.05 Å². The van der Waals surface area contributed by atoms with Crippen molar-refractivity contribution < 1.29 is 17.9 Å². The summed E-state index contributed by atoms with van der Waals surface area (Å²) in [4.78, 5) is 0. The van der Waals surface area contributed by atoms with E-state index in [0.717, 1.165) is 10.9 Å². The molecular weight excluding hydrogens is 197 g/mol. The van der Waals surface area contributed by atoms with Crippen molar-refractivity contribution in [2.24, 2.45) is 7.05 Å². The minimum atomic E-state index is -4.74. The lowest BCUT2D eigenvalue weighted by molar-refractivity contribution is -0.277. The van der Waals surface area contributed by atoms with Crippen LogP contribution in [0, 0.1) is 0 Å². The number of aryl methyl sites for hydroxylation is 1. The number of aromatic nitrogens is 2. The van der Waals surface area contributed by atoms with Gasteiger partial charge in [0.25, 0.3) is 0 Å². The van der Waals surface area contributed by atoms with Gasteiger partial charge in [-0.25, -0.2) is 4.68 Å². The van der Waals surface area contributed by atoms with Gasteiger partial charge < -0.3 is 4.74 Å². The summed E-state index contributed by atoms with van der Waals surface area (Å²) >= 11 is 5.34. The Morgan fingerprint density at radius 1 is 1.58 bits per heavy atom. The molecule has 0 aliphatic rings. The third-order valence-corrected chi connectivity index (χ3v) is 1.31. The van der Waals surface area contributed by atoms with Crippen molar-refractivity contribution in [2.45, 2.75) is 6.36 Å². The van der Waals surface area contributed by atoms with E-state index in [1.54, 1.807) is 0 Å². The lowest BCUT2D eigenvalue weighted by Crippen LogP contribution is -2.19. The monoisotopic (exact) mass is 200 g/mol. The van der Waals surface area contributed by atoms with Gasteiger partial charge in [0.2, 0.25) is 5.88 Å². The van der Waals surface area contributed by atoms with Gasteiger partial charge in [-0.2, -0.15) is 5.10 Å². The molecule has 0 aliphatic heterocycles. The normalized spacial score (nSPS) is 11.8. The fourth-order valence-electron chi connectivity index (χ4n) is 0.624. The SMILES string of the molecule is Cn1ncc(Cl)c1OC(F)(F)F. The van der Waals surface area contributed by atoms with E-state index in [-0.39, 0.29) is 5.02 Å². The van der Waals surface area contributed by atoms with Crippen LogP contribution in [0.2, 0.25) is 5.02 Å². The number of rotatable bonds is 1. The highest BCUT2D eigenvalue weighted by Crippen LogP contribution is 2.28. The van der Waals surface area contributed by atoms with E-state index in [4.69, 9.17) is 11.6 Å². The first-order chi connectivity index (χ1) is 5.40. The molecule has 68 valence electrons. The molecule has 0 spiro atoms. The Labute approximate surface area is 70.7 Å². The first kappa shape index (κ1) is 9.18. The smallest absolute Gasteiger partial charge is 0.387 e. The van der Waals surface area contributed by atoms with E-state index in [1.807, 2.05) is 0 Å². The maximum atomic E-state index is 11.7. The molecule has 0 saturated heterocycles. The molecule has 1 aromatic heterocycles. The second-order valence-corrected chi connectivity index (χ2v) is 2.38. The minimum absolute atomic E-state index is 0.171. The van der Waals surface area contributed by atoms with Gasteiger partial charge in [-0.05, 0) is 0 Å². The standard InChI is InChI=1S/C5H4ClF3N2O/c1-11-4(3(6)2-10-11)12-5(7,8)9/h2H,1H3. The van der Waals surface area contributed by atoms with Gasteiger partial charge >= 0.3 is 6.36 Å². The molecule has 0 aromatic carbocycles. The Bertz CT molecular complexity index is 263. The molecular formula is C5H4ClF3N2O. The minimum Gasteiger partial charge on any atom is -0.387 e. The van der Waals surface area contributed by atoms with E-state index in [2.05, 4.69) is 9.84 Å². The fraction of sp³-hybridized carbons (Fsp3) is 0.400. The van der Waals surface area contributed by atoms with E-state index < -0.39 is 12.2 Å². The van der Waals surface area contributed by atoms with Crippen molar-refractivity contribution in [3.8, 4) is 5.88 Å². The highest BCUT2D eigenvalue weighted by Gasteiger charge is 2.33. The Kier molecular flexibility index (Phi) is 2.18. The molecule has 0 aliphatic carbocycles. The molecule has 3 nitrogen and oxygen atoms in total. The van der Waals surface area contributed by atoms with Crippen LogP contribution in [0.15, 0.2) is 6.20 Å². The van der Waals surface area contributed by atoms with Gasteiger partial charge in [0.1, 0.15) is 5.02 Å². The molecule has 0 bridgehead atoms. The predicted octanol–water partition coefficient (Wildman–Crippen LogP) is 1.97. The summed E-state index contributed by atoms with van der Waals surface area (Å²) in [7, 11) is 1.30. The van der Waals surface area contributed by atoms with Gasteiger partial charge in [-0.1, -0.05) is 11.6 Å². The second-order valence-electron chi connectivity index (χ2n) is 1.97. The maximum absolute atomic E-state index is 11.7. The van der Waals surface area contributed by atoms with Crippen molar-refractivity contribution in [1.82, 2.24) is 9.78 Å². The van der Waals surface area contributed by atoms with Crippen molar-refractivity contribution in [2.75, 3.05) is 0 Å². The van der Waals surface area contributed by atoms with Crippen molar-refractivity contribution in [3.05, 3.63) is 11.2 Å². The van der Waals surface area contributed by atoms with Crippen LogP contribution < -0.4 is 4.74 Å². The number of hydrogen-bond donors (Lipinski definition) is 0. The summed E-state index contributed by atoms with van der Waals surface area (Å²) < 4.78 is 39.4. The van der Waals surface area contributed by atoms with Crippen molar-refractivity contribution in [1.29, 1.82) is 0 Å². The van der Waals surface area contributed by atoms with Gasteiger partial charge in [0, 0.05) is 7.05 Å². The number of halogens is 4. The van der Waals surface area contributed by atoms with Crippen molar-refractivity contribution >= 4 is 11.6 Å². The third-order valence-electron chi connectivity index (χ3n) is 1.05. The topological polar surface area (TPSA) is 27.1 Å². The highest BCUT2D eigenvalue weighted by molar-refractivity contribution is 6.31. The Hall–Kier alpha value is -0.910.